The molecule has 0 saturated carbocycles. The minimum absolute atomic E-state index is 0.151. The van der Waals surface area contributed by atoms with E-state index >= 15 is 0 Å². The number of anilines is 1. The molecular weight excluding hydrogens is 275 g/mol. The van der Waals surface area contributed by atoms with Crippen LogP contribution in [0.1, 0.15) is 11.1 Å². The maximum Gasteiger partial charge on any atom is 0.306 e. The summed E-state index contributed by atoms with van der Waals surface area (Å²) in [5.41, 5.74) is 1.38. The van der Waals surface area contributed by atoms with E-state index in [4.69, 9.17) is 0 Å². The molecule has 6 heteroatoms. The van der Waals surface area contributed by atoms with Gasteiger partial charge < -0.3 is 5.32 Å². The van der Waals surface area contributed by atoms with Crippen LogP contribution in [0.25, 0.3) is 0 Å². The molecule has 0 saturated heterocycles. The third kappa shape index (κ3) is 3.62. The van der Waals surface area contributed by atoms with Gasteiger partial charge in [-0.2, -0.15) is 4.39 Å². The first kappa shape index (κ1) is 14.6. The van der Waals surface area contributed by atoms with Crippen LogP contribution in [0.5, 0.6) is 0 Å². The van der Waals surface area contributed by atoms with E-state index in [2.05, 4.69) is 5.32 Å². The zero-order valence-electron chi connectivity index (χ0n) is 11.3. The second kappa shape index (κ2) is 6.13. The highest BCUT2D eigenvalue weighted by Gasteiger charge is 2.15. The van der Waals surface area contributed by atoms with Gasteiger partial charge in [0.1, 0.15) is 0 Å². The van der Waals surface area contributed by atoms with Gasteiger partial charge in [-0.25, -0.2) is 0 Å². The number of nitro groups is 1. The number of nitrogens with one attached hydrogen (secondary N) is 1. The van der Waals surface area contributed by atoms with Crippen molar-refractivity contribution in [3.05, 3.63) is 69.5 Å². The van der Waals surface area contributed by atoms with Gasteiger partial charge in [-0.15, -0.1) is 0 Å². The van der Waals surface area contributed by atoms with Crippen LogP contribution in [-0.4, -0.2) is 10.8 Å². The molecule has 0 fully saturated rings. The zero-order valence-corrected chi connectivity index (χ0v) is 11.3. The number of aryl methyl sites for hydroxylation is 1. The Balaban J connectivity index is 2.12. The van der Waals surface area contributed by atoms with Crippen molar-refractivity contribution in [3.8, 4) is 0 Å². The summed E-state index contributed by atoms with van der Waals surface area (Å²) in [4.78, 5) is 21.7. The van der Waals surface area contributed by atoms with E-state index in [1.807, 2.05) is 31.2 Å². The number of nitro benzene ring substituents is 1. The molecule has 1 N–H and O–H groups in total. The fraction of sp³-hybridized carbons (Fsp3) is 0.133. The minimum Gasteiger partial charge on any atom is -0.326 e. The van der Waals surface area contributed by atoms with Gasteiger partial charge in [-0.05, 0) is 30.2 Å². The molecule has 2 aromatic carbocycles. The standard InChI is InChI=1S/C15H13FN2O3/c1-10-4-2-3-5-11(10)8-15(19)17-12-6-7-13(16)14(9-12)18(20)21/h2-7,9H,8H2,1H3,(H,17,19). The van der Waals surface area contributed by atoms with Crippen LogP contribution in [0.2, 0.25) is 0 Å². The van der Waals surface area contributed by atoms with Crippen LogP contribution in [0.4, 0.5) is 15.8 Å². The monoisotopic (exact) mass is 288 g/mol. The number of amides is 1. The maximum absolute atomic E-state index is 13.2. The third-order valence-electron chi connectivity index (χ3n) is 3.04. The zero-order chi connectivity index (χ0) is 15.4. The number of benzene rings is 2. The number of halogens is 1. The summed E-state index contributed by atoms with van der Waals surface area (Å²) in [5, 5.41) is 13.2. The van der Waals surface area contributed by atoms with E-state index in [1.54, 1.807) is 0 Å². The van der Waals surface area contributed by atoms with Crippen LogP contribution in [0.15, 0.2) is 42.5 Å². The van der Waals surface area contributed by atoms with E-state index in [9.17, 15) is 19.3 Å². The fourth-order valence-corrected chi connectivity index (χ4v) is 1.92. The average molecular weight is 288 g/mol. The summed E-state index contributed by atoms with van der Waals surface area (Å²) in [6.07, 6.45) is 0.151. The number of rotatable bonds is 4. The molecule has 2 aromatic rings. The molecule has 1 amide bonds. The summed E-state index contributed by atoms with van der Waals surface area (Å²) < 4.78 is 13.2. The number of hydrogen-bond donors (Lipinski definition) is 1. The SMILES string of the molecule is Cc1ccccc1CC(=O)Nc1ccc(F)c([N+](=O)[O-])c1. The highest BCUT2D eigenvalue weighted by Crippen LogP contribution is 2.21. The summed E-state index contributed by atoms with van der Waals surface area (Å²) in [6, 6.07) is 10.7. The van der Waals surface area contributed by atoms with Crippen molar-refractivity contribution >= 4 is 17.3 Å². The second-order valence-electron chi connectivity index (χ2n) is 4.57. The number of carbonyl (C=O) groups is 1. The topological polar surface area (TPSA) is 72.2 Å². The van der Waals surface area contributed by atoms with Crippen molar-refractivity contribution < 1.29 is 14.1 Å². The largest absolute Gasteiger partial charge is 0.326 e. The van der Waals surface area contributed by atoms with Gasteiger partial charge in [0.15, 0.2) is 0 Å². The van der Waals surface area contributed by atoms with Crippen molar-refractivity contribution in [1.82, 2.24) is 0 Å². The third-order valence-corrected chi connectivity index (χ3v) is 3.04. The van der Waals surface area contributed by atoms with Crippen molar-refractivity contribution in [3.63, 3.8) is 0 Å². The molecule has 0 atom stereocenters. The summed E-state index contributed by atoms with van der Waals surface area (Å²) in [6.45, 7) is 1.89. The second-order valence-corrected chi connectivity index (χ2v) is 4.57. The first-order chi connectivity index (χ1) is 9.97. The molecule has 0 aromatic heterocycles. The van der Waals surface area contributed by atoms with Gasteiger partial charge in [0.2, 0.25) is 11.7 Å². The Kier molecular flexibility index (Phi) is 4.27. The molecule has 0 heterocycles. The normalized spacial score (nSPS) is 10.2. The maximum atomic E-state index is 13.2. The first-order valence-electron chi connectivity index (χ1n) is 6.25. The summed E-state index contributed by atoms with van der Waals surface area (Å²) in [5.74, 6) is -1.25. The lowest BCUT2D eigenvalue weighted by Crippen LogP contribution is -2.15. The van der Waals surface area contributed by atoms with Crippen LogP contribution >= 0.6 is 0 Å². The van der Waals surface area contributed by atoms with Gasteiger partial charge in [-0.3, -0.25) is 14.9 Å². The molecule has 108 valence electrons. The van der Waals surface area contributed by atoms with Crippen molar-refractivity contribution in [2.24, 2.45) is 0 Å². The van der Waals surface area contributed by atoms with Crippen LogP contribution in [-0.2, 0) is 11.2 Å². The Bertz CT molecular complexity index is 701. The van der Waals surface area contributed by atoms with Crippen LogP contribution in [0, 0.1) is 22.9 Å². The van der Waals surface area contributed by atoms with E-state index < -0.39 is 16.4 Å². The predicted molar refractivity (Wildman–Crippen MR) is 76.6 cm³/mol. The highest BCUT2D eigenvalue weighted by molar-refractivity contribution is 5.92. The van der Waals surface area contributed by atoms with E-state index in [0.717, 1.165) is 23.3 Å². The van der Waals surface area contributed by atoms with E-state index in [-0.39, 0.29) is 18.0 Å². The molecular formula is C15H13FN2O3. The number of carbonyl (C=O) groups excluding carboxylic acids is 1. The number of hydrogen-bond acceptors (Lipinski definition) is 3. The van der Waals surface area contributed by atoms with Gasteiger partial charge in [0, 0.05) is 11.8 Å². The predicted octanol–water partition coefficient (Wildman–Crippen LogP) is 3.22. The number of nitrogens with zero attached hydrogens (tertiary/aromatic N) is 1. The molecule has 0 aliphatic heterocycles. The Morgan fingerprint density at radius 2 is 2.00 bits per heavy atom. The van der Waals surface area contributed by atoms with E-state index in [0.29, 0.717) is 0 Å². The smallest absolute Gasteiger partial charge is 0.306 e. The fourth-order valence-electron chi connectivity index (χ4n) is 1.92. The Hall–Kier alpha value is -2.76. The summed E-state index contributed by atoms with van der Waals surface area (Å²) >= 11 is 0. The van der Waals surface area contributed by atoms with Crippen molar-refractivity contribution in [1.29, 1.82) is 0 Å². The lowest BCUT2D eigenvalue weighted by Gasteiger charge is -2.07. The lowest BCUT2D eigenvalue weighted by molar-refractivity contribution is -0.387. The van der Waals surface area contributed by atoms with Crippen LogP contribution < -0.4 is 5.32 Å². The highest BCUT2D eigenvalue weighted by atomic mass is 19.1. The first-order valence-corrected chi connectivity index (χ1v) is 6.25. The minimum atomic E-state index is -0.933. The van der Waals surface area contributed by atoms with Crippen molar-refractivity contribution in [2.45, 2.75) is 13.3 Å². The quantitative estimate of drug-likeness (QED) is 0.693. The molecule has 5 nitrogen and oxygen atoms in total. The van der Waals surface area contributed by atoms with Gasteiger partial charge >= 0.3 is 5.69 Å². The van der Waals surface area contributed by atoms with Crippen LogP contribution in [0.3, 0.4) is 0 Å². The van der Waals surface area contributed by atoms with Crippen molar-refractivity contribution in [2.75, 3.05) is 5.32 Å². The Morgan fingerprint density at radius 1 is 1.29 bits per heavy atom. The van der Waals surface area contributed by atoms with Gasteiger partial charge in [0.05, 0.1) is 11.3 Å². The molecule has 0 spiro atoms. The molecule has 0 aliphatic rings. The lowest BCUT2D eigenvalue weighted by atomic mass is 10.1. The van der Waals surface area contributed by atoms with Gasteiger partial charge in [-0.1, -0.05) is 24.3 Å². The average Bonchev–Trinajstić information content (AvgIpc) is 2.43. The molecule has 0 unspecified atom stereocenters. The molecule has 2 rings (SSSR count). The Morgan fingerprint density at radius 3 is 2.67 bits per heavy atom. The van der Waals surface area contributed by atoms with E-state index in [1.165, 1.54) is 6.07 Å². The molecule has 0 aliphatic carbocycles. The molecule has 0 bridgehead atoms. The Labute approximate surface area is 120 Å². The molecule has 21 heavy (non-hydrogen) atoms. The summed E-state index contributed by atoms with van der Waals surface area (Å²) in [7, 11) is 0. The molecule has 0 radical (unpaired) electrons. The van der Waals surface area contributed by atoms with Gasteiger partial charge in [0.25, 0.3) is 0 Å².